The molecule has 0 aromatic heterocycles. The van der Waals surface area contributed by atoms with Gasteiger partial charge in [-0.3, -0.25) is 0 Å². The van der Waals surface area contributed by atoms with Crippen molar-refractivity contribution >= 4 is 28.9 Å². The summed E-state index contributed by atoms with van der Waals surface area (Å²) >= 11 is 12.0. The van der Waals surface area contributed by atoms with Crippen molar-refractivity contribution in [3.8, 4) is 0 Å². The van der Waals surface area contributed by atoms with Gasteiger partial charge >= 0.3 is 0 Å². The predicted molar refractivity (Wildman–Crippen MR) is 61.3 cm³/mol. The molecule has 0 amide bonds. The van der Waals surface area contributed by atoms with Gasteiger partial charge in [-0.2, -0.15) is 0 Å². The summed E-state index contributed by atoms with van der Waals surface area (Å²) in [5.74, 6) is 0.333. The lowest BCUT2D eigenvalue weighted by Crippen LogP contribution is -2.25. The fourth-order valence-corrected chi connectivity index (χ4v) is 2.24. The summed E-state index contributed by atoms with van der Waals surface area (Å²) in [5.41, 5.74) is 8.01. The Balaban J connectivity index is 2.48. The Hall–Kier alpha value is -0.440. The summed E-state index contributed by atoms with van der Waals surface area (Å²) in [5, 5.41) is 4.43. The lowest BCUT2D eigenvalue weighted by molar-refractivity contribution is 0.610. The topological polar surface area (TPSA) is 38.0 Å². The summed E-state index contributed by atoms with van der Waals surface area (Å²) in [6.45, 7) is 2.84. The highest BCUT2D eigenvalue weighted by atomic mass is 35.5. The highest BCUT2D eigenvalue weighted by Crippen LogP contribution is 2.41. The second-order valence-corrected chi connectivity index (χ2v) is 4.46. The molecule has 0 fully saturated rings. The second kappa shape index (κ2) is 3.61. The lowest BCUT2D eigenvalue weighted by Gasteiger charge is -2.14. The zero-order valence-corrected chi connectivity index (χ0v) is 9.36. The molecule has 0 aliphatic carbocycles. The number of halogens is 2. The van der Waals surface area contributed by atoms with Crippen LogP contribution < -0.4 is 11.1 Å². The van der Waals surface area contributed by atoms with E-state index in [4.69, 9.17) is 28.9 Å². The normalized spacial score (nSPS) is 21.6. The first-order valence-corrected chi connectivity index (χ1v) is 5.34. The van der Waals surface area contributed by atoms with Crippen LogP contribution in [0.4, 0.5) is 5.69 Å². The third-order valence-corrected chi connectivity index (χ3v) is 3.46. The van der Waals surface area contributed by atoms with Gasteiger partial charge in [-0.05, 0) is 18.6 Å². The van der Waals surface area contributed by atoms with Crippen molar-refractivity contribution in [3.05, 3.63) is 27.7 Å². The van der Waals surface area contributed by atoms with Crippen molar-refractivity contribution in [3.63, 3.8) is 0 Å². The Bertz CT molecular complexity index is 363. The van der Waals surface area contributed by atoms with Gasteiger partial charge in [0, 0.05) is 18.5 Å². The number of hydrogen-bond donors (Lipinski definition) is 2. The fourth-order valence-electron chi connectivity index (χ4n) is 1.85. The number of anilines is 1. The van der Waals surface area contributed by atoms with E-state index in [1.807, 2.05) is 19.1 Å². The summed E-state index contributed by atoms with van der Waals surface area (Å²) in [7, 11) is 0. The molecule has 2 nitrogen and oxygen atoms in total. The number of nitrogens with one attached hydrogen (secondary N) is 1. The zero-order valence-electron chi connectivity index (χ0n) is 7.85. The van der Waals surface area contributed by atoms with Crippen molar-refractivity contribution in [2.75, 3.05) is 11.9 Å². The lowest BCUT2D eigenvalue weighted by atomic mass is 9.95. The van der Waals surface area contributed by atoms with Crippen LogP contribution in [0, 0.1) is 0 Å². The van der Waals surface area contributed by atoms with Crippen LogP contribution in [-0.2, 0) is 0 Å². The third-order valence-electron chi connectivity index (χ3n) is 2.66. The van der Waals surface area contributed by atoms with E-state index in [-0.39, 0.29) is 6.04 Å². The van der Waals surface area contributed by atoms with Crippen LogP contribution >= 0.6 is 23.2 Å². The molecular formula is C10H12Cl2N2. The quantitative estimate of drug-likeness (QED) is 0.779. The highest BCUT2D eigenvalue weighted by Gasteiger charge is 2.27. The van der Waals surface area contributed by atoms with Crippen molar-refractivity contribution in [2.45, 2.75) is 18.9 Å². The molecular weight excluding hydrogens is 219 g/mol. The Morgan fingerprint density at radius 1 is 1.50 bits per heavy atom. The van der Waals surface area contributed by atoms with Gasteiger partial charge in [0.05, 0.1) is 15.7 Å². The summed E-state index contributed by atoms with van der Waals surface area (Å²) in [4.78, 5) is 0. The molecule has 1 aliphatic rings. The minimum Gasteiger partial charge on any atom is -0.383 e. The molecule has 1 aromatic rings. The highest BCUT2D eigenvalue weighted by molar-refractivity contribution is 6.43. The molecule has 0 bridgehead atoms. The van der Waals surface area contributed by atoms with Crippen LogP contribution in [0.25, 0.3) is 0 Å². The third kappa shape index (κ3) is 1.48. The van der Waals surface area contributed by atoms with E-state index < -0.39 is 0 Å². The Labute approximate surface area is 93.4 Å². The Morgan fingerprint density at radius 2 is 2.21 bits per heavy atom. The molecule has 0 radical (unpaired) electrons. The molecule has 0 saturated carbocycles. The molecule has 2 atom stereocenters. The van der Waals surface area contributed by atoms with E-state index >= 15 is 0 Å². The fraction of sp³-hybridized carbons (Fsp3) is 0.400. The van der Waals surface area contributed by atoms with E-state index in [1.165, 1.54) is 5.56 Å². The molecule has 0 spiro atoms. The van der Waals surface area contributed by atoms with Gasteiger partial charge < -0.3 is 11.1 Å². The molecule has 2 rings (SSSR count). The average molecular weight is 231 g/mol. The zero-order chi connectivity index (χ0) is 10.3. The first-order chi connectivity index (χ1) is 6.61. The maximum absolute atomic E-state index is 6.07. The van der Waals surface area contributed by atoms with Crippen molar-refractivity contribution < 1.29 is 0 Å². The molecule has 1 aliphatic heterocycles. The Morgan fingerprint density at radius 3 is 2.86 bits per heavy atom. The van der Waals surface area contributed by atoms with Gasteiger partial charge in [-0.1, -0.05) is 29.3 Å². The van der Waals surface area contributed by atoms with Crippen LogP contribution in [0.5, 0.6) is 0 Å². The van der Waals surface area contributed by atoms with Gasteiger partial charge in [-0.25, -0.2) is 0 Å². The number of fused-ring (bicyclic) bond motifs is 1. The van der Waals surface area contributed by atoms with Crippen LogP contribution in [0.1, 0.15) is 18.4 Å². The van der Waals surface area contributed by atoms with E-state index in [2.05, 4.69) is 5.32 Å². The van der Waals surface area contributed by atoms with Crippen LogP contribution in [0.3, 0.4) is 0 Å². The average Bonchev–Trinajstić information content (AvgIpc) is 2.55. The predicted octanol–water partition coefficient (Wildman–Crippen LogP) is 2.85. The van der Waals surface area contributed by atoms with E-state index in [0.717, 1.165) is 12.2 Å². The minimum absolute atomic E-state index is 0.126. The van der Waals surface area contributed by atoms with Gasteiger partial charge in [-0.15, -0.1) is 0 Å². The van der Waals surface area contributed by atoms with Gasteiger partial charge in [0.15, 0.2) is 0 Å². The number of rotatable bonds is 1. The van der Waals surface area contributed by atoms with Crippen LogP contribution in [0.15, 0.2) is 12.1 Å². The maximum Gasteiger partial charge on any atom is 0.0826 e. The monoisotopic (exact) mass is 230 g/mol. The summed E-state index contributed by atoms with van der Waals surface area (Å²) < 4.78 is 0. The molecule has 14 heavy (non-hydrogen) atoms. The number of nitrogens with two attached hydrogens (primary N) is 1. The van der Waals surface area contributed by atoms with Gasteiger partial charge in [0.1, 0.15) is 0 Å². The molecule has 1 aromatic carbocycles. The van der Waals surface area contributed by atoms with Crippen molar-refractivity contribution in [2.24, 2.45) is 5.73 Å². The Kier molecular flexibility index (Phi) is 2.60. The van der Waals surface area contributed by atoms with Crippen molar-refractivity contribution in [1.82, 2.24) is 0 Å². The van der Waals surface area contributed by atoms with Crippen molar-refractivity contribution in [1.29, 1.82) is 0 Å². The molecule has 3 N–H and O–H groups in total. The standard InChI is InChI=1S/C10H12Cl2N2/c1-5(13)7-4-14-10-6(7)2-3-8(11)9(10)12/h2-3,5,7,14H,4,13H2,1H3. The summed E-state index contributed by atoms with van der Waals surface area (Å²) in [6.07, 6.45) is 0. The van der Waals surface area contributed by atoms with Crippen LogP contribution in [0.2, 0.25) is 10.0 Å². The molecule has 0 saturated heterocycles. The first kappa shape index (κ1) is 10.1. The van der Waals surface area contributed by atoms with Gasteiger partial charge in [0.25, 0.3) is 0 Å². The minimum atomic E-state index is 0.126. The molecule has 2 unspecified atom stereocenters. The summed E-state index contributed by atoms with van der Waals surface area (Å²) in [6, 6.07) is 3.95. The molecule has 1 heterocycles. The van der Waals surface area contributed by atoms with E-state index in [1.54, 1.807) is 0 Å². The second-order valence-electron chi connectivity index (χ2n) is 3.67. The van der Waals surface area contributed by atoms with Crippen LogP contribution in [-0.4, -0.2) is 12.6 Å². The number of hydrogen-bond acceptors (Lipinski definition) is 2. The molecule has 76 valence electrons. The number of benzene rings is 1. The van der Waals surface area contributed by atoms with Gasteiger partial charge in [0.2, 0.25) is 0 Å². The smallest absolute Gasteiger partial charge is 0.0826 e. The largest absolute Gasteiger partial charge is 0.383 e. The van der Waals surface area contributed by atoms with E-state index in [9.17, 15) is 0 Å². The van der Waals surface area contributed by atoms with E-state index in [0.29, 0.717) is 16.0 Å². The maximum atomic E-state index is 6.07. The SMILES string of the molecule is CC(N)C1CNc2c1ccc(Cl)c2Cl. The molecule has 4 heteroatoms. The first-order valence-electron chi connectivity index (χ1n) is 4.58.